The Morgan fingerprint density at radius 3 is 2.48 bits per heavy atom. The summed E-state index contributed by atoms with van der Waals surface area (Å²) in [6, 6.07) is 6.88. The zero-order valence-electron chi connectivity index (χ0n) is 14.6. The van der Waals surface area contributed by atoms with Crippen LogP contribution < -0.4 is 11.2 Å². The average Bonchev–Trinajstić information content (AvgIpc) is 2.64. The maximum atomic E-state index is 12.7. The number of aryl methyl sites for hydroxylation is 1. The summed E-state index contributed by atoms with van der Waals surface area (Å²) in [6.07, 6.45) is 0. The van der Waals surface area contributed by atoms with Crippen molar-refractivity contribution in [3.63, 3.8) is 0 Å². The van der Waals surface area contributed by atoms with E-state index in [1.54, 1.807) is 24.3 Å². The highest BCUT2D eigenvalue weighted by molar-refractivity contribution is 8.00. The highest BCUT2D eigenvalue weighted by Crippen LogP contribution is 2.31. The van der Waals surface area contributed by atoms with Gasteiger partial charge in [0.05, 0.1) is 5.02 Å². The Kier molecular flexibility index (Phi) is 5.07. The molecule has 0 aliphatic rings. The van der Waals surface area contributed by atoms with E-state index in [1.807, 2.05) is 0 Å². The van der Waals surface area contributed by atoms with Gasteiger partial charge in [-0.1, -0.05) is 35.5 Å². The third-order valence-corrected chi connectivity index (χ3v) is 5.42. The van der Waals surface area contributed by atoms with Crippen LogP contribution in [0.2, 0.25) is 5.02 Å². The number of aliphatic carboxylic acids is 1. The van der Waals surface area contributed by atoms with Crippen molar-refractivity contribution in [2.45, 2.75) is 17.2 Å². The largest absolute Gasteiger partial charge is 0.480 e. The quantitative estimate of drug-likeness (QED) is 0.521. The first-order valence-electron chi connectivity index (χ1n) is 7.84. The molecule has 8 nitrogen and oxygen atoms in total. The standard InChI is InChI=1S/C17H15ClN4O4S/c1-8(16(24)25)27-14-11-13(21(2)17(26)22(3)15(11)23)19-12(20-14)9-6-4-5-7-10(9)18/h4-8H,1-3H3,(H,24,25)/t8-/m1/s1. The first kappa shape index (κ1) is 19.1. The van der Waals surface area contributed by atoms with Crippen molar-refractivity contribution in [3.05, 3.63) is 50.1 Å². The number of aromatic nitrogens is 4. The van der Waals surface area contributed by atoms with Gasteiger partial charge in [0.25, 0.3) is 5.56 Å². The molecule has 2 heterocycles. The molecule has 0 radical (unpaired) electrons. The predicted octanol–water partition coefficient (Wildman–Crippen LogP) is 1.91. The Balaban J connectivity index is 2.42. The van der Waals surface area contributed by atoms with Crippen molar-refractivity contribution in [1.82, 2.24) is 19.1 Å². The van der Waals surface area contributed by atoms with E-state index >= 15 is 0 Å². The lowest BCUT2D eigenvalue weighted by atomic mass is 10.2. The molecule has 1 aromatic carbocycles. The van der Waals surface area contributed by atoms with Gasteiger partial charge >= 0.3 is 11.7 Å². The zero-order valence-corrected chi connectivity index (χ0v) is 16.2. The molecule has 0 amide bonds. The van der Waals surface area contributed by atoms with Crippen molar-refractivity contribution in [1.29, 1.82) is 0 Å². The lowest BCUT2D eigenvalue weighted by Crippen LogP contribution is -2.37. The van der Waals surface area contributed by atoms with E-state index < -0.39 is 22.5 Å². The van der Waals surface area contributed by atoms with Gasteiger partial charge in [-0.3, -0.25) is 18.7 Å². The summed E-state index contributed by atoms with van der Waals surface area (Å²) < 4.78 is 2.17. The van der Waals surface area contributed by atoms with Gasteiger partial charge in [0, 0.05) is 19.7 Å². The predicted molar refractivity (Wildman–Crippen MR) is 103 cm³/mol. The molecule has 27 heavy (non-hydrogen) atoms. The molecule has 0 spiro atoms. The van der Waals surface area contributed by atoms with Crippen molar-refractivity contribution < 1.29 is 9.90 Å². The van der Waals surface area contributed by atoms with Crippen LogP contribution >= 0.6 is 23.4 Å². The molecule has 0 fully saturated rings. The Labute approximate surface area is 162 Å². The smallest absolute Gasteiger partial charge is 0.332 e. The van der Waals surface area contributed by atoms with Crippen molar-refractivity contribution >= 4 is 40.4 Å². The lowest BCUT2D eigenvalue weighted by molar-refractivity contribution is -0.136. The van der Waals surface area contributed by atoms with E-state index in [4.69, 9.17) is 11.6 Å². The van der Waals surface area contributed by atoms with Crippen LogP contribution in [0, 0.1) is 0 Å². The molecule has 0 saturated heterocycles. The molecule has 0 unspecified atom stereocenters. The van der Waals surface area contributed by atoms with Gasteiger partial charge in [-0.15, -0.1) is 0 Å². The van der Waals surface area contributed by atoms with Gasteiger partial charge < -0.3 is 5.11 Å². The second-order valence-corrected chi connectivity index (χ2v) is 7.57. The first-order chi connectivity index (χ1) is 12.7. The zero-order chi connectivity index (χ0) is 19.9. The van der Waals surface area contributed by atoms with Crippen molar-refractivity contribution in [3.8, 4) is 11.4 Å². The van der Waals surface area contributed by atoms with Gasteiger partial charge in [-0.25, -0.2) is 14.8 Å². The van der Waals surface area contributed by atoms with Crippen LogP contribution in [0.15, 0.2) is 38.9 Å². The molecule has 1 N–H and O–H groups in total. The number of halogens is 1. The molecule has 10 heteroatoms. The first-order valence-corrected chi connectivity index (χ1v) is 9.10. The van der Waals surface area contributed by atoms with E-state index in [1.165, 1.54) is 25.6 Å². The van der Waals surface area contributed by atoms with Crippen molar-refractivity contribution in [2.75, 3.05) is 0 Å². The third kappa shape index (κ3) is 3.35. The molecular formula is C17H15ClN4O4S. The molecule has 0 bridgehead atoms. The monoisotopic (exact) mass is 406 g/mol. The van der Waals surface area contributed by atoms with Crippen LogP contribution in [0.25, 0.3) is 22.4 Å². The Hall–Kier alpha value is -2.65. The van der Waals surface area contributed by atoms with Crippen LogP contribution in [-0.4, -0.2) is 35.4 Å². The van der Waals surface area contributed by atoms with Crippen LogP contribution in [0.5, 0.6) is 0 Å². The van der Waals surface area contributed by atoms with Gasteiger partial charge in [0.1, 0.15) is 15.7 Å². The van der Waals surface area contributed by atoms with Crippen LogP contribution in [-0.2, 0) is 18.9 Å². The van der Waals surface area contributed by atoms with Gasteiger partial charge in [-0.2, -0.15) is 0 Å². The maximum absolute atomic E-state index is 12.7. The molecule has 0 aliphatic carbocycles. The number of nitrogens with zero attached hydrogens (tertiary/aromatic N) is 4. The molecule has 0 saturated carbocycles. The van der Waals surface area contributed by atoms with Crippen LogP contribution in [0.1, 0.15) is 6.92 Å². The second-order valence-electron chi connectivity index (χ2n) is 5.83. The normalized spacial score (nSPS) is 12.3. The fourth-order valence-corrected chi connectivity index (χ4v) is 3.59. The summed E-state index contributed by atoms with van der Waals surface area (Å²) in [7, 11) is 2.84. The Morgan fingerprint density at radius 2 is 1.85 bits per heavy atom. The number of rotatable bonds is 4. The number of carbonyl (C=O) groups is 1. The molecule has 3 aromatic rings. The molecule has 0 aliphatic heterocycles. The summed E-state index contributed by atoms with van der Waals surface area (Å²) in [5.41, 5.74) is -0.496. The number of thioether (sulfide) groups is 1. The second kappa shape index (κ2) is 7.16. The number of carboxylic acid groups (broad SMARTS) is 1. The molecule has 3 rings (SSSR count). The molecule has 140 valence electrons. The number of hydrogen-bond acceptors (Lipinski definition) is 6. The lowest BCUT2D eigenvalue weighted by Gasteiger charge is -2.13. The fourth-order valence-electron chi connectivity index (χ4n) is 2.50. The minimum absolute atomic E-state index is 0.0912. The third-order valence-electron chi connectivity index (χ3n) is 4.02. The number of fused-ring (bicyclic) bond motifs is 1. The summed E-state index contributed by atoms with van der Waals surface area (Å²) in [6.45, 7) is 1.49. The van der Waals surface area contributed by atoms with Gasteiger partial charge in [-0.05, 0) is 19.1 Å². The number of benzene rings is 1. The average molecular weight is 407 g/mol. The van der Waals surface area contributed by atoms with Crippen molar-refractivity contribution in [2.24, 2.45) is 14.1 Å². The fraction of sp³-hybridized carbons (Fsp3) is 0.235. The maximum Gasteiger partial charge on any atom is 0.332 e. The van der Waals surface area contributed by atoms with Gasteiger partial charge in [0.2, 0.25) is 0 Å². The summed E-state index contributed by atoms with van der Waals surface area (Å²) in [5, 5.41) is 9.06. The Bertz CT molecular complexity index is 1190. The topological polar surface area (TPSA) is 107 Å². The van der Waals surface area contributed by atoms with E-state index in [2.05, 4.69) is 9.97 Å². The Morgan fingerprint density at radius 1 is 1.19 bits per heavy atom. The summed E-state index contributed by atoms with van der Waals surface area (Å²) in [4.78, 5) is 45.0. The number of carboxylic acids is 1. The summed E-state index contributed by atoms with van der Waals surface area (Å²) >= 11 is 7.14. The minimum Gasteiger partial charge on any atom is -0.480 e. The van der Waals surface area contributed by atoms with E-state index in [9.17, 15) is 19.5 Å². The molecule has 1 atom stereocenters. The highest BCUT2D eigenvalue weighted by Gasteiger charge is 2.22. The minimum atomic E-state index is -1.05. The van der Waals surface area contributed by atoms with E-state index in [0.717, 1.165) is 16.3 Å². The van der Waals surface area contributed by atoms with Gasteiger partial charge in [0.15, 0.2) is 11.5 Å². The summed E-state index contributed by atoms with van der Waals surface area (Å²) in [5.74, 6) is -0.843. The number of hydrogen-bond donors (Lipinski definition) is 1. The highest BCUT2D eigenvalue weighted by atomic mass is 35.5. The van der Waals surface area contributed by atoms with Crippen LogP contribution in [0.4, 0.5) is 0 Å². The van der Waals surface area contributed by atoms with E-state index in [0.29, 0.717) is 10.6 Å². The molecule has 2 aromatic heterocycles. The van der Waals surface area contributed by atoms with Crippen LogP contribution in [0.3, 0.4) is 0 Å². The molecular weight excluding hydrogens is 392 g/mol. The van der Waals surface area contributed by atoms with E-state index in [-0.39, 0.29) is 21.9 Å². The SMILES string of the molecule is C[C@@H](Sc1nc(-c2ccccc2Cl)nc2c1c(=O)n(C)c(=O)n2C)C(=O)O.